The Labute approximate surface area is 101 Å². The van der Waals surface area contributed by atoms with Gasteiger partial charge in [-0.25, -0.2) is 8.42 Å². The standard InChI is InChI=1S/C9H9Br2O2S/c1-2-3-14(12,13)9-5-7(10)4-8(11)6-9/h5-6H,2-3H2,1H3. The molecule has 0 saturated heterocycles. The fraction of sp³-hybridized carbons (Fsp3) is 0.333. The summed E-state index contributed by atoms with van der Waals surface area (Å²) < 4.78 is 24.6. The van der Waals surface area contributed by atoms with Gasteiger partial charge in [0.15, 0.2) is 9.84 Å². The van der Waals surface area contributed by atoms with Gasteiger partial charge in [0.25, 0.3) is 0 Å². The minimum atomic E-state index is -3.14. The van der Waals surface area contributed by atoms with Gasteiger partial charge in [0.2, 0.25) is 0 Å². The van der Waals surface area contributed by atoms with Gasteiger partial charge in [-0.15, -0.1) is 0 Å². The average Bonchev–Trinajstić information content (AvgIpc) is 2.02. The van der Waals surface area contributed by atoms with Gasteiger partial charge in [-0.3, -0.25) is 0 Å². The lowest BCUT2D eigenvalue weighted by Crippen LogP contribution is -2.05. The zero-order chi connectivity index (χ0) is 10.8. The van der Waals surface area contributed by atoms with Gasteiger partial charge < -0.3 is 0 Å². The monoisotopic (exact) mass is 339 g/mol. The first-order valence-electron chi connectivity index (χ1n) is 4.07. The van der Waals surface area contributed by atoms with E-state index in [1.165, 1.54) is 0 Å². The maximum absolute atomic E-state index is 11.7. The van der Waals surface area contributed by atoms with E-state index in [9.17, 15) is 8.42 Å². The maximum atomic E-state index is 11.7. The van der Waals surface area contributed by atoms with E-state index in [4.69, 9.17) is 0 Å². The SMILES string of the molecule is CCCS(=O)(=O)c1cc(Br)[c]c(Br)c1. The summed E-state index contributed by atoms with van der Waals surface area (Å²) in [5.74, 6) is 0.176. The maximum Gasteiger partial charge on any atom is 0.178 e. The Hall–Kier alpha value is 0.130. The molecule has 1 rings (SSSR count). The predicted molar refractivity (Wildman–Crippen MR) is 63.0 cm³/mol. The average molecular weight is 341 g/mol. The summed E-state index contributed by atoms with van der Waals surface area (Å²) in [7, 11) is -3.14. The Kier molecular flexibility index (Phi) is 4.15. The van der Waals surface area contributed by atoms with Crippen molar-refractivity contribution in [3.8, 4) is 0 Å². The smallest absolute Gasteiger partial charge is 0.178 e. The van der Waals surface area contributed by atoms with Gasteiger partial charge in [0, 0.05) is 15.0 Å². The van der Waals surface area contributed by atoms with Crippen molar-refractivity contribution >= 4 is 41.7 Å². The lowest BCUT2D eigenvalue weighted by molar-refractivity contribution is 0.594. The molecule has 0 amide bonds. The summed E-state index contributed by atoms with van der Waals surface area (Å²) in [6, 6.07) is 6.02. The second kappa shape index (κ2) is 4.77. The van der Waals surface area contributed by atoms with E-state index in [-0.39, 0.29) is 5.75 Å². The third-order valence-corrected chi connectivity index (χ3v) is 4.36. The van der Waals surface area contributed by atoms with Crippen LogP contribution in [0.3, 0.4) is 0 Å². The fourth-order valence-corrected chi connectivity index (χ4v) is 3.90. The van der Waals surface area contributed by atoms with Crippen LogP contribution in [0.25, 0.3) is 0 Å². The zero-order valence-corrected chi connectivity index (χ0v) is 11.5. The van der Waals surface area contributed by atoms with E-state index in [2.05, 4.69) is 37.9 Å². The number of halogens is 2. The van der Waals surface area contributed by atoms with Crippen molar-refractivity contribution in [2.45, 2.75) is 18.2 Å². The van der Waals surface area contributed by atoms with E-state index in [1.807, 2.05) is 6.92 Å². The number of hydrogen-bond acceptors (Lipinski definition) is 2. The van der Waals surface area contributed by atoms with Crippen molar-refractivity contribution in [2.75, 3.05) is 5.75 Å². The van der Waals surface area contributed by atoms with Gasteiger partial charge in [-0.2, -0.15) is 0 Å². The third kappa shape index (κ3) is 3.07. The molecule has 0 N–H and O–H groups in total. The Morgan fingerprint density at radius 3 is 2.21 bits per heavy atom. The highest BCUT2D eigenvalue weighted by molar-refractivity contribution is 9.11. The van der Waals surface area contributed by atoms with Crippen LogP contribution in [0.1, 0.15) is 13.3 Å². The number of sulfone groups is 1. The summed E-state index contributed by atoms with van der Waals surface area (Å²) in [5, 5.41) is 0. The zero-order valence-electron chi connectivity index (χ0n) is 7.55. The molecule has 1 radical (unpaired) electrons. The van der Waals surface area contributed by atoms with Gasteiger partial charge >= 0.3 is 0 Å². The summed E-state index contributed by atoms with van der Waals surface area (Å²) in [5.41, 5.74) is 0. The molecule has 0 bridgehead atoms. The molecule has 0 heterocycles. The lowest BCUT2D eigenvalue weighted by Gasteiger charge is -2.03. The predicted octanol–water partition coefficient (Wildman–Crippen LogP) is 3.20. The number of rotatable bonds is 3. The van der Waals surface area contributed by atoms with Crippen LogP contribution >= 0.6 is 31.9 Å². The first kappa shape index (κ1) is 12.2. The fourth-order valence-electron chi connectivity index (χ4n) is 1.04. The highest BCUT2D eigenvalue weighted by Crippen LogP contribution is 2.23. The lowest BCUT2D eigenvalue weighted by atomic mass is 10.4. The first-order valence-corrected chi connectivity index (χ1v) is 7.30. The molecule has 14 heavy (non-hydrogen) atoms. The Morgan fingerprint density at radius 2 is 1.79 bits per heavy atom. The Balaban J connectivity index is 3.19. The molecule has 0 unspecified atom stereocenters. The van der Waals surface area contributed by atoms with Gasteiger partial charge in [-0.1, -0.05) is 38.8 Å². The Morgan fingerprint density at radius 1 is 1.29 bits per heavy atom. The molecule has 0 aliphatic rings. The number of hydrogen-bond donors (Lipinski definition) is 0. The molecule has 0 spiro atoms. The largest absolute Gasteiger partial charge is 0.224 e. The molecule has 0 atom stereocenters. The molecular weight excluding hydrogens is 332 g/mol. The third-order valence-electron chi connectivity index (χ3n) is 1.61. The molecule has 5 heteroatoms. The highest BCUT2D eigenvalue weighted by Gasteiger charge is 2.14. The highest BCUT2D eigenvalue weighted by atomic mass is 79.9. The molecule has 2 nitrogen and oxygen atoms in total. The van der Waals surface area contributed by atoms with E-state index in [0.717, 1.165) is 0 Å². The van der Waals surface area contributed by atoms with Crippen molar-refractivity contribution in [3.63, 3.8) is 0 Å². The van der Waals surface area contributed by atoms with Gasteiger partial charge in [0.1, 0.15) is 0 Å². The van der Waals surface area contributed by atoms with Crippen LogP contribution in [-0.4, -0.2) is 14.2 Å². The topological polar surface area (TPSA) is 34.1 Å². The van der Waals surface area contributed by atoms with Crippen molar-refractivity contribution in [2.24, 2.45) is 0 Å². The van der Waals surface area contributed by atoms with Crippen molar-refractivity contribution in [1.82, 2.24) is 0 Å². The van der Waals surface area contributed by atoms with E-state index < -0.39 is 9.84 Å². The molecule has 0 saturated carbocycles. The van der Waals surface area contributed by atoms with Crippen LogP contribution in [0.5, 0.6) is 0 Å². The summed E-state index contributed by atoms with van der Waals surface area (Å²) in [6.45, 7) is 1.84. The summed E-state index contributed by atoms with van der Waals surface area (Å²) >= 11 is 6.41. The van der Waals surface area contributed by atoms with E-state index in [1.54, 1.807) is 12.1 Å². The Bertz CT molecular complexity index is 406. The van der Waals surface area contributed by atoms with Gasteiger partial charge in [0.05, 0.1) is 10.6 Å². The quantitative estimate of drug-likeness (QED) is 0.846. The molecule has 0 aliphatic carbocycles. The molecule has 1 aromatic rings. The minimum absolute atomic E-state index is 0.176. The summed E-state index contributed by atoms with van der Waals surface area (Å²) in [4.78, 5) is 0.330. The van der Waals surface area contributed by atoms with Crippen molar-refractivity contribution in [1.29, 1.82) is 0 Å². The van der Waals surface area contributed by atoms with Crippen LogP contribution in [0.2, 0.25) is 0 Å². The normalized spacial score (nSPS) is 11.6. The first-order chi connectivity index (χ1) is 6.45. The van der Waals surface area contributed by atoms with Crippen LogP contribution in [0, 0.1) is 6.07 Å². The minimum Gasteiger partial charge on any atom is -0.224 e. The second-order valence-electron chi connectivity index (χ2n) is 2.83. The molecular formula is C9H9Br2O2S. The number of benzene rings is 1. The second-order valence-corrected chi connectivity index (χ2v) is 6.65. The van der Waals surface area contributed by atoms with E-state index in [0.29, 0.717) is 20.3 Å². The van der Waals surface area contributed by atoms with Crippen LogP contribution in [0.4, 0.5) is 0 Å². The van der Waals surface area contributed by atoms with Gasteiger partial charge in [-0.05, 0) is 18.6 Å². The van der Waals surface area contributed by atoms with Crippen LogP contribution in [-0.2, 0) is 9.84 Å². The van der Waals surface area contributed by atoms with Crippen molar-refractivity contribution in [3.05, 3.63) is 27.1 Å². The molecule has 77 valence electrons. The van der Waals surface area contributed by atoms with E-state index >= 15 is 0 Å². The van der Waals surface area contributed by atoms with Crippen LogP contribution in [0.15, 0.2) is 26.0 Å². The molecule has 0 aromatic heterocycles. The van der Waals surface area contributed by atoms with Crippen molar-refractivity contribution < 1.29 is 8.42 Å². The molecule has 1 aromatic carbocycles. The van der Waals surface area contributed by atoms with Crippen LogP contribution < -0.4 is 0 Å². The molecule has 0 fully saturated rings. The summed E-state index contributed by atoms with van der Waals surface area (Å²) in [6.07, 6.45) is 0.621. The molecule has 0 aliphatic heterocycles.